The summed E-state index contributed by atoms with van der Waals surface area (Å²) in [5, 5.41) is 6.48. The van der Waals surface area contributed by atoms with E-state index in [1.54, 1.807) is 0 Å². The molecule has 1 aliphatic heterocycles. The van der Waals surface area contributed by atoms with Crippen molar-refractivity contribution >= 4 is 17.5 Å². The van der Waals surface area contributed by atoms with Crippen LogP contribution >= 0.6 is 0 Å². The predicted molar refractivity (Wildman–Crippen MR) is 105 cm³/mol. The van der Waals surface area contributed by atoms with Crippen LogP contribution in [0.15, 0.2) is 31.0 Å². The third-order valence-electron chi connectivity index (χ3n) is 5.24. The van der Waals surface area contributed by atoms with E-state index in [1.807, 2.05) is 35.2 Å². The topological polar surface area (TPSA) is 61.3 Å². The molecule has 4 heterocycles. The average molecular weight is 350 g/mol. The molecular formula is C20H26N6. The van der Waals surface area contributed by atoms with E-state index in [2.05, 4.69) is 59.7 Å². The number of aryl methyl sites for hydroxylation is 1. The first-order valence-corrected chi connectivity index (χ1v) is 9.24. The number of nitrogens with zero attached hydrogens (tertiary/aromatic N) is 4. The minimum Gasteiger partial charge on any atom is -0.346 e. The molecule has 0 aromatic carbocycles. The fourth-order valence-corrected chi connectivity index (χ4v) is 3.60. The third-order valence-corrected chi connectivity index (χ3v) is 5.24. The van der Waals surface area contributed by atoms with Crippen molar-refractivity contribution in [1.29, 1.82) is 0 Å². The van der Waals surface area contributed by atoms with E-state index in [0.717, 1.165) is 24.3 Å². The Balaban J connectivity index is 1.49. The molecule has 0 radical (unpaired) electrons. The van der Waals surface area contributed by atoms with Gasteiger partial charge in [0.2, 0.25) is 0 Å². The van der Waals surface area contributed by atoms with Gasteiger partial charge in [-0.25, -0.2) is 9.50 Å². The Labute approximate surface area is 153 Å². The van der Waals surface area contributed by atoms with Gasteiger partial charge in [0.05, 0.1) is 6.20 Å². The third kappa shape index (κ3) is 2.85. The molecule has 2 N–H and O–H groups in total. The van der Waals surface area contributed by atoms with E-state index < -0.39 is 0 Å². The molecule has 6 heteroatoms. The summed E-state index contributed by atoms with van der Waals surface area (Å²) in [6.07, 6.45) is 14.4. The fraction of sp³-hybridized carbons (Fsp3) is 0.400. The van der Waals surface area contributed by atoms with E-state index in [9.17, 15) is 0 Å². The molecule has 0 amide bonds. The highest BCUT2D eigenvalue weighted by atomic mass is 15.5. The molecule has 0 spiro atoms. The van der Waals surface area contributed by atoms with Crippen molar-refractivity contribution in [2.24, 2.45) is 0 Å². The van der Waals surface area contributed by atoms with Crippen LogP contribution in [0.3, 0.4) is 0 Å². The van der Waals surface area contributed by atoms with Gasteiger partial charge in [-0.15, -0.1) is 0 Å². The van der Waals surface area contributed by atoms with Crippen LogP contribution in [0.4, 0.5) is 5.82 Å². The summed E-state index contributed by atoms with van der Waals surface area (Å²) < 4.78 is 1.91. The second-order valence-electron chi connectivity index (χ2n) is 7.45. The molecule has 0 bridgehead atoms. The summed E-state index contributed by atoms with van der Waals surface area (Å²) in [5.41, 5.74) is 9.21. The zero-order chi connectivity index (χ0) is 18.3. The van der Waals surface area contributed by atoms with Crippen molar-refractivity contribution in [3.05, 3.63) is 53.2 Å². The molecule has 4 rings (SSSR count). The Hall–Kier alpha value is -2.76. The zero-order valence-corrected chi connectivity index (χ0v) is 15.8. The van der Waals surface area contributed by atoms with Gasteiger partial charge in [0, 0.05) is 43.0 Å². The quantitative estimate of drug-likeness (QED) is 0.734. The Kier molecular flexibility index (Phi) is 4.18. The summed E-state index contributed by atoms with van der Waals surface area (Å²) in [7, 11) is 2.02. The normalized spacial score (nSPS) is 14.7. The van der Waals surface area contributed by atoms with Gasteiger partial charge in [-0.05, 0) is 41.9 Å². The molecule has 6 nitrogen and oxygen atoms in total. The number of anilines is 1. The van der Waals surface area contributed by atoms with Crippen molar-refractivity contribution in [1.82, 2.24) is 25.0 Å². The number of aromatic amines is 1. The maximum absolute atomic E-state index is 4.65. The summed E-state index contributed by atoms with van der Waals surface area (Å²) in [6, 6.07) is 0. The maximum Gasteiger partial charge on any atom is 0.158 e. The first-order valence-electron chi connectivity index (χ1n) is 9.24. The molecule has 1 unspecified atom stereocenters. The zero-order valence-electron chi connectivity index (χ0n) is 15.8. The van der Waals surface area contributed by atoms with E-state index in [1.165, 1.54) is 22.3 Å². The number of hydrazine groups is 1. The lowest BCUT2D eigenvalue weighted by Crippen LogP contribution is -2.32. The lowest BCUT2D eigenvalue weighted by atomic mass is 9.93. The van der Waals surface area contributed by atoms with Gasteiger partial charge in [-0.3, -0.25) is 5.01 Å². The van der Waals surface area contributed by atoms with Crippen molar-refractivity contribution in [3.63, 3.8) is 0 Å². The number of rotatable bonds is 5. The molecule has 3 aromatic heterocycles. The van der Waals surface area contributed by atoms with Gasteiger partial charge < -0.3 is 10.4 Å². The fourth-order valence-electron chi connectivity index (χ4n) is 3.60. The van der Waals surface area contributed by atoms with E-state index in [-0.39, 0.29) is 0 Å². The highest BCUT2D eigenvalue weighted by Gasteiger charge is 2.19. The van der Waals surface area contributed by atoms with Crippen LogP contribution in [0, 0.1) is 0 Å². The molecule has 0 saturated carbocycles. The Morgan fingerprint density at radius 2 is 2.00 bits per heavy atom. The average Bonchev–Trinajstić information content (AvgIpc) is 3.24. The van der Waals surface area contributed by atoms with Gasteiger partial charge in [-0.1, -0.05) is 20.8 Å². The van der Waals surface area contributed by atoms with Crippen molar-refractivity contribution < 1.29 is 0 Å². The SMILES string of the molecule is CC(C)c1cnn2cc(CCC(C)c3c[nH]c4c3C=CNN4C)cnc12. The number of hydrogen-bond donors (Lipinski definition) is 2. The minimum absolute atomic E-state index is 0.436. The highest BCUT2D eigenvalue weighted by Crippen LogP contribution is 2.32. The first kappa shape index (κ1) is 16.7. The molecule has 1 atom stereocenters. The molecule has 1 aliphatic rings. The molecule has 0 fully saturated rings. The standard InChI is InChI=1S/C20H26N6/c1-13(2)17-11-24-26-12-15(9-21-20(17)26)6-5-14(3)18-10-22-19-16(18)7-8-23-25(19)4/h7-14,22-23H,5-6H2,1-4H3. The van der Waals surface area contributed by atoms with Gasteiger partial charge >= 0.3 is 0 Å². The Bertz CT molecular complexity index is 949. The monoisotopic (exact) mass is 350 g/mol. The van der Waals surface area contributed by atoms with Crippen LogP contribution in [0.2, 0.25) is 0 Å². The van der Waals surface area contributed by atoms with Crippen LogP contribution in [0.1, 0.15) is 61.3 Å². The first-order chi connectivity index (χ1) is 12.5. The molecule has 0 saturated heterocycles. The van der Waals surface area contributed by atoms with Gasteiger partial charge in [0.25, 0.3) is 0 Å². The summed E-state index contributed by atoms with van der Waals surface area (Å²) in [5.74, 6) is 2.02. The van der Waals surface area contributed by atoms with E-state index >= 15 is 0 Å². The van der Waals surface area contributed by atoms with Gasteiger partial charge in [0.1, 0.15) is 5.82 Å². The summed E-state index contributed by atoms with van der Waals surface area (Å²) in [6.45, 7) is 6.64. The summed E-state index contributed by atoms with van der Waals surface area (Å²) >= 11 is 0. The number of nitrogens with one attached hydrogen (secondary N) is 2. The van der Waals surface area contributed by atoms with Crippen LogP contribution < -0.4 is 10.4 Å². The lowest BCUT2D eigenvalue weighted by molar-refractivity contribution is 0.674. The smallest absolute Gasteiger partial charge is 0.158 e. The summed E-state index contributed by atoms with van der Waals surface area (Å²) in [4.78, 5) is 8.03. The van der Waals surface area contributed by atoms with Crippen LogP contribution in [-0.2, 0) is 6.42 Å². The molecule has 0 aliphatic carbocycles. The van der Waals surface area contributed by atoms with E-state index in [4.69, 9.17) is 0 Å². The number of aromatic nitrogens is 4. The molecular weight excluding hydrogens is 324 g/mol. The second kappa shape index (κ2) is 6.52. The Morgan fingerprint density at radius 3 is 2.81 bits per heavy atom. The van der Waals surface area contributed by atoms with Crippen molar-refractivity contribution in [3.8, 4) is 0 Å². The number of hydrogen-bond acceptors (Lipinski definition) is 4. The van der Waals surface area contributed by atoms with Crippen molar-refractivity contribution in [2.75, 3.05) is 12.1 Å². The predicted octanol–water partition coefficient (Wildman–Crippen LogP) is 3.84. The highest BCUT2D eigenvalue weighted by molar-refractivity contribution is 5.70. The lowest BCUT2D eigenvalue weighted by Gasteiger charge is -2.23. The molecule has 136 valence electrons. The van der Waals surface area contributed by atoms with Crippen LogP contribution in [-0.4, -0.2) is 26.6 Å². The van der Waals surface area contributed by atoms with Crippen LogP contribution in [0.5, 0.6) is 0 Å². The molecule has 3 aromatic rings. The number of H-pyrrole nitrogens is 1. The maximum atomic E-state index is 4.65. The van der Waals surface area contributed by atoms with Crippen molar-refractivity contribution in [2.45, 2.75) is 45.4 Å². The van der Waals surface area contributed by atoms with Crippen LogP contribution in [0.25, 0.3) is 11.7 Å². The van der Waals surface area contributed by atoms with Gasteiger partial charge in [-0.2, -0.15) is 5.10 Å². The van der Waals surface area contributed by atoms with Gasteiger partial charge in [0.15, 0.2) is 5.65 Å². The Morgan fingerprint density at radius 1 is 1.15 bits per heavy atom. The largest absolute Gasteiger partial charge is 0.346 e. The minimum atomic E-state index is 0.436. The number of fused-ring (bicyclic) bond motifs is 2. The second-order valence-corrected chi connectivity index (χ2v) is 7.45. The van der Waals surface area contributed by atoms with E-state index in [0.29, 0.717) is 11.8 Å². The molecule has 26 heavy (non-hydrogen) atoms.